The Labute approximate surface area is 407 Å². The van der Waals surface area contributed by atoms with E-state index in [1.54, 1.807) is 0 Å². The predicted octanol–water partition coefficient (Wildman–Crippen LogP) is 17.6. The Bertz CT molecular complexity index is 3560. The molecule has 10 aromatic rings. The van der Waals surface area contributed by atoms with E-state index in [0.717, 1.165) is 34.1 Å². The number of benzene rings is 10. The summed E-state index contributed by atoms with van der Waals surface area (Å²) in [6, 6.07) is 74.9. The number of fused-ring (bicyclic) bond motifs is 4. The van der Waals surface area contributed by atoms with Crippen molar-refractivity contribution in [3.63, 3.8) is 0 Å². The molecule has 0 aromatic heterocycles. The Balaban J connectivity index is 1.31. The van der Waals surface area contributed by atoms with Crippen molar-refractivity contribution in [2.75, 3.05) is 9.80 Å². The molecule has 0 amide bonds. The van der Waals surface area contributed by atoms with E-state index in [4.69, 9.17) is 0 Å². The molecular weight excluding hydrogens is 942 g/mol. The van der Waals surface area contributed by atoms with Crippen LogP contribution in [0.1, 0.15) is 0 Å². The second-order valence-electron chi connectivity index (χ2n) is 20.0. The van der Waals surface area contributed by atoms with Crippen molar-refractivity contribution in [2.45, 2.75) is 34.5 Å². The van der Waals surface area contributed by atoms with Crippen molar-refractivity contribution in [3.8, 4) is 22.3 Å². The van der Waals surface area contributed by atoms with Crippen LogP contribution in [0.3, 0.4) is 0 Å². The monoisotopic (exact) mass is 1000 g/mol. The summed E-state index contributed by atoms with van der Waals surface area (Å²) in [5.41, 5.74) is 11.2. The van der Waals surface area contributed by atoms with Gasteiger partial charge in [-0.15, -0.1) is 0 Å². The summed E-state index contributed by atoms with van der Waals surface area (Å²) < 4.78 is 2.96. The van der Waals surface area contributed by atoms with E-state index >= 15 is 0 Å². The van der Waals surface area contributed by atoms with Gasteiger partial charge in [-0.05, 0) is 10.8 Å². The summed E-state index contributed by atoms with van der Waals surface area (Å²) in [6.45, 7) is 8.44. The molecule has 0 aliphatic rings. The van der Waals surface area contributed by atoms with E-state index in [-0.39, 0.29) is 0 Å². The van der Waals surface area contributed by atoms with Gasteiger partial charge in [-0.3, -0.25) is 0 Å². The fraction of sp³-hybridized carbons (Fsp3) is 0.0938. The average Bonchev–Trinajstić information content (AvgIpc) is 3.35. The molecule has 0 heterocycles. The van der Waals surface area contributed by atoms with Gasteiger partial charge in [-0.2, -0.15) is 0 Å². The van der Waals surface area contributed by atoms with Crippen LogP contribution in [0.4, 0.5) is 28.4 Å². The zero-order valence-electron chi connectivity index (χ0n) is 40.1. The van der Waals surface area contributed by atoms with Gasteiger partial charge in [0.2, 0.25) is 0 Å². The first kappa shape index (κ1) is 45.0. The molecule has 0 spiro atoms. The first-order valence-electron chi connectivity index (χ1n) is 23.7. The number of hydrogen-bond donors (Lipinski definition) is 0. The van der Waals surface area contributed by atoms with E-state index in [2.05, 4.69) is 264 Å². The molecule has 68 heavy (non-hydrogen) atoms. The summed E-state index contributed by atoms with van der Waals surface area (Å²) in [4.78, 5) is 4.74. The van der Waals surface area contributed by atoms with Gasteiger partial charge in [0, 0.05) is 0 Å². The third-order valence-electron chi connectivity index (χ3n) is 13.4. The predicted molar refractivity (Wildman–Crippen MR) is 305 cm³/mol. The number of hydrogen-bond acceptors (Lipinski definition) is 2. The molecule has 0 aliphatic heterocycles. The fourth-order valence-corrected chi connectivity index (χ4v) is 14.7. The van der Waals surface area contributed by atoms with Crippen LogP contribution >= 0.6 is 0 Å². The minimum atomic E-state index is -2.08. The number of allylic oxidation sites excluding steroid dienone is 3. The molecule has 10 aromatic carbocycles. The summed E-state index contributed by atoms with van der Waals surface area (Å²) in [5, 5.41) is 9.63. The topological polar surface area (TPSA) is 6.48 Å². The molecule has 0 radical (unpaired) electrons. The Morgan fingerprint density at radius 2 is 0.809 bits per heavy atom. The average molecular weight is 1000 g/mol. The zero-order valence-corrected chi connectivity index (χ0v) is 44.3. The van der Waals surface area contributed by atoms with Crippen molar-refractivity contribution in [1.29, 1.82) is 0 Å². The molecule has 0 aliphatic carbocycles. The number of nitrogens with zero attached hydrogens (tertiary/aromatic N) is 2. The Morgan fingerprint density at radius 3 is 1.29 bits per heavy atom. The normalized spacial score (nSPS) is 12.2. The van der Waals surface area contributed by atoms with Crippen LogP contribution in [0.25, 0.3) is 65.3 Å². The molecule has 0 saturated carbocycles. The first-order chi connectivity index (χ1) is 32.9. The Kier molecular flexibility index (Phi) is 12.1. The van der Waals surface area contributed by atoms with Gasteiger partial charge in [0.15, 0.2) is 0 Å². The number of para-hydroxylation sites is 1. The molecule has 4 heteroatoms. The summed E-state index contributed by atoms with van der Waals surface area (Å²) in [6.07, 6.45) is 5.84. The molecule has 0 fully saturated rings. The molecule has 2 nitrogen and oxygen atoms in total. The van der Waals surface area contributed by atoms with Crippen molar-refractivity contribution >= 4 is 107 Å². The van der Waals surface area contributed by atoms with Gasteiger partial charge in [0.25, 0.3) is 0 Å². The van der Waals surface area contributed by atoms with Gasteiger partial charge >= 0.3 is 351 Å². The molecule has 332 valence electrons. The van der Waals surface area contributed by atoms with E-state index in [1.807, 2.05) is 12.2 Å². The molecule has 10 rings (SSSR count). The van der Waals surface area contributed by atoms with Gasteiger partial charge in [0.05, 0.1) is 0 Å². The molecule has 0 unspecified atom stereocenters. The minimum absolute atomic E-state index is 0.955. The van der Waals surface area contributed by atoms with E-state index in [9.17, 15) is 0 Å². The molecule has 0 atom stereocenters. The summed E-state index contributed by atoms with van der Waals surface area (Å²) >= 11 is -4.14. The second kappa shape index (κ2) is 18.3. The van der Waals surface area contributed by atoms with Crippen molar-refractivity contribution < 1.29 is 0 Å². The first-order valence-corrected chi connectivity index (χ1v) is 38.4. The zero-order chi connectivity index (χ0) is 47.2. The fourth-order valence-electron chi connectivity index (χ4n) is 9.84. The third kappa shape index (κ3) is 8.64. The van der Waals surface area contributed by atoms with Gasteiger partial charge in [-0.25, -0.2) is 0 Å². The van der Waals surface area contributed by atoms with Crippen LogP contribution in [0.5, 0.6) is 0 Å². The van der Waals surface area contributed by atoms with Crippen LogP contribution in [0.2, 0.25) is 34.5 Å². The Morgan fingerprint density at radius 1 is 0.382 bits per heavy atom. The standard InChI is InChI=1S/C64H58Ge2N2/c1-9-18-53(10-2)67(55-33-29-51(30-34-55)65(3,4)5)57-37-39-59-61(43-57)63(49-27-25-45-19-14-16-21-47(45)41-49)60-40-38-58(44-62(60)64(59)50-28-26-46-20-15-17-22-48(46)42-50)68(54-23-12-11-13-24-54)56-35-31-52(32-36-56)66(6,7)8/h9-44H,1-2H2,3-8H3/b53-18+. The molecule has 0 N–H and O–H groups in total. The Hall–Kier alpha value is -6.85. The van der Waals surface area contributed by atoms with Crippen LogP contribution < -0.4 is 18.6 Å². The summed E-state index contributed by atoms with van der Waals surface area (Å²) in [5.74, 6) is 14.7. The SMILES string of the molecule is C=C/C=C(\C=C)N(c1cc[c]([Ge]([CH3])([CH3])[CH3])cc1)c1ccc2c(-c3ccc4ccccc4c3)c3cc(N(c4ccccc4)c4cc[c]([Ge]([CH3])([CH3])[CH3])cc4)ccc3c(-c3ccc4ccccc4c3)c2c1. The second-order valence-corrected chi connectivity index (χ2v) is 41.3. The maximum absolute atomic E-state index is 4.32. The van der Waals surface area contributed by atoms with E-state index < -0.39 is 26.5 Å². The number of rotatable bonds is 12. The van der Waals surface area contributed by atoms with Crippen LogP contribution in [0.15, 0.2) is 237 Å². The van der Waals surface area contributed by atoms with Crippen LogP contribution in [-0.4, -0.2) is 26.5 Å². The number of anilines is 5. The van der Waals surface area contributed by atoms with E-state index in [0.29, 0.717) is 0 Å². The van der Waals surface area contributed by atoms with E-state index in [1.165, 1.54) is 74.1 Å². The molecule has 0 saturated heterocycles. The van der Waals surface area contributed by atoms with Crippen LogP contribution in [-0.2, 0) is 0 Å². The quantitative estimate of drug-likeness (QED) is 0.0684. The third-order valence-corrected chi connectivity index (χ3v) is 22.1. The van der Waals surface area contributed by atoms with Gasteiger partial charge in [0.1, 0.15) is 0 Å². The van der Waals surface area contributed by atoms with Gasteiger partial charge < -0.3 is 0 Å². The van der Waals surface area contributed by atoms with Crippen LogP contribution in [0, 0.1) is 0 Å². The molecule has 0 bridgehead atoms. The van der Waals surface area contributed by atoms with Crippen molar-refractivity contribution in [3.05, 3.63) is 237 Å². The van der Waals surface area contributed by atoms with Crippen molar-refractivity contribution in [2.24, 2.45) is 0 Å². The maximum atomic E-state index is 4.32. The molecular formula is C64H58Ge2N2. The van der Waals surface area contributed by atoms with Crippen molar-refractivity contribution in [1.82, 2.24) is 0 Å². The van der Waals surface area contributed by atoms with Gasteiger partial charge in [-0.1, -0.05) is 48.5 Å². The summed E-state index contributed by atoms with van der Waals surface area (Å²) in [7, 11) is 0.